The predicted molar refractivity (Wildman–Crippen MR) is 144 cm³/mol. The highest BCUT2D eigenvalue weighted by molar-refractivity contribution is 7.92. The molecule has 0 radical (unpaired) electrons. The summed E-state index contributed by atoms with van der Waals surface area (Å²) in [7, 11) is -3.61. The molecular weight excluding hydrogens is 537 g/mol. The molecule has 202 valence electrons. The standard InChI is InChI=1S/C27H33Cl2NO6S/c1-5-21(16-37(34,35)27(2,3)4)30-24(17-9-11-19(28)12-10-17)25(18-7-6-8-20(29)13-18)36-23(26(30)33)14-22(32)15-31/h6-13,21,23-25,31H,5,14-16H2,1-4H3/t21-,23+,24+,25+/m0/s1. The first-order valence-corrected chi connectivity index (χ1v) is 14.5. The molecule has 37 heavy (non-hydrogen) atoms. The van der Waals surface area contributed by atoms with Crippen LogP contribution in [0.1, 0.15) is 63.8 Å². The van der Waals surface area contributed by atoms with E-state index in [1.54, 1.807) is 68.1 Å². The molecule has 1 fully saturated rings. The Morgan fingerprint density at radius 3 is 2.27 bits per heavy atom. The molecule has 1 N–H and O–H groups in total. The highest BCUT2D eigenvalue weighted by atomic mass is 35.5. The predicted octanol–water partition coefficient (Wildman–Crippen LogP) is 4.95. The third-order valence-electron chi connectivity index (χ3n) is 6.61. The van der Waals surface area contributed by atoms with Gasteiger partial charge in [-0.15, -0.1) is 0 Å². The summed E-state index contributed by atoms with van der Waals surface area (Å²) in [4.78, 5) is 27.7. The molecule has 3 rings (SSSR count). The van der Waals surface area contributed by atoms with Gasteiger partial charge < -0.3 is 14.7 Å². The lowest BCUT2D eigenvalue weighted by molar-refractivity contribution is -0.180. The van der Waals surface area contributed by atoms with E-state index in [9.17, 15) is 23.1 Å². The van der Waals surface area contributed by atoms with Crippen molar-refractivity contribution in [2.24, 2.45) is 0 Å². The molecule has 0 bridgehead atoms. The van der Waals surface area contributed by atoms with Crippen molar-refractivity contribution in [3.63, 3.8) is 0 Å². The van der Waals surface area contributed by atoms with Gasteiger partial charge in [0.25, 0.3) is 5.91 Å². The summed E-state index contributed by atoms with van der Waals surface area (Å²) in [6.07, 6.45) is -1.94. The Bertz CT molecular complexity index is 1230. The number of benzene rings is 2. The lowest BCUT2D eigenvalue weighted by Crippen LogP contribution is -2.57. The Hall–Kier alpha value is -1.97. The molecule has 0 spiro atoms. The van der Waals surface area contributed by atoms with Crippen LogP contribution in [0.3, 0.4) is 0 Å². The van der Waals surface area contributed by atoms with Crippen molar-refractivity contribution in [2.75, 3.05) is 12.4 Å². The summed E-state index contributed by atoms with van der Waals surface area (Å²) in [6, 6.07) is 12.5. The van der Waals surface area contributed by atoms with E-state index in [0.29, 0.717) is 27.6 Å². The maximum atomic E-state index is 13.9. The smallest absolute Gasteiger partial charge is 0.253 e. The molecule has 10 heteroatoms. The Kier molecular flexibility index (Phi) is 9.46. The largest absolute Gasteiger partial charge is 0.389 e. The third kappa shape index (κ3) is 6.73. The summed E-state index contributed by atoms with van der Waals surface area (Å²) in [5, 5.41) is 10.3. The van der Waals surface area contributed by atoms with E-state index < -0.39 is 57.2 Å². The zero-order valence-electron chi connectivity index (χ0n) is 21.4. The Morgan fingerprint density at radius 2 is 1.73 bits per heavy atom. The molecule has 0 saturated carbocycles. The van der Waals surface area contributed by atoms with Gasteiger partial charge in [0.05, 0.1) is 16.5 Å². The van der Waals surface area contributed by atoms with Crippen molar-refractivity contribution in [3.05, 3.63) is 69.7 Å². The van der Waals surface area contributed by atoms with Gasteiger partial charge >= 0.3 is 0 Å². The molecule has 0 unspecified atom stereocenters. The van der Waals surface area contributed by atoms with E-state index in [0.717, 1.165) is 0 Å². The van der Waals surface area contributed by atoms with Crippen molar-refractivity contribution < 1.29 is 27.9 Å². The number of aliphatic hydroxyl groups excluding tert-OH is 1. The molecule has 1 saturated heterocycles. The highest BCUT2D eigenvalue weighted by Crippen LogP contribution is 2.45. The van der Waals surface area contributed by atoms with Gasteiger partial charge in [0.2, 0.25) is 0 Å². The van der Waals surface area contributed by atoms with E-state index in [1.807, 2.05) is 13.0 Å². The normalized spacial score (nSPS) is 21.6. The number of ketones is 1. The number of morpholine rings is 1. The van der Waals surface area contributed by atoms with Crippen LogP contribution in [0.4, 0.5) is 0 Å². The number of aliphatic hydroxyl groups is 1. The molecule has 1 heterocycles. The van der Waals surface area contributed by atoms with Gasteiger partial charge in [-0.1, -0.05) is 54.4 Å². The van der Waals surface area contributed by atoms with Crippen LogP contribution in [0.15, 0.2) is 48.5 Å². The number of sulfone groups is 1. The van der Waals surface area contributed by atoms with Crippen molar-refractivity contribution in [1.29, 1.82) is 0 Å². The number of carbonyl (C=O) groups is 2. The lowest BCUT2D eigenvalue weighted by Gasteiger charge is -2.48. The van der Waals surface area contributed by atoms with Crippen molar-refractivity contribution in [1.82, 2.24) is 4.90 Å². The fourth-order valence-electron chi connectivity index (χ4n) is 4.41. The fraction of sp³-hybridized carbons (Fsp3) is 0.481. The highest BCUT2D eigenvalue weighted by Gasteiger charge is 2.48. The summed E-state index contributed by atoms with van der Waals surface area (Å²) in [5.74, 6) is -1.31. The van der Waals surface area contributed by atoms with E-state index in [4.69, 9.17) is 27.9 Å². The van der Waals surface area contributed by atoms with Crippen LogP contribution in [0.25, 0.3) is 0 Å². The molecule has 1 aliphatic rings. The Morgan fingerprint density at radius 1 is 1.08 bits per heavy atom. The number of hydrogen-bond acceptors (Lipinski definition) is 6. The van der Waals surface area contributed by atoms with Gasteiger partial charge in [0.15, 0.2) is 15.6 Å². The Balaban J connectivity index is 2.21. The number of hydrogen-bond donors (Lipinski definition) is 1. The molecule has 0 aliphatic carbocycles. The lowest BCUT2D eigenvalue weighted by atomic mass is 9.89. The zero-order chi connectivity index (χ0) is 27.5. The number of ether oxygens (including phenoxy) is 1. The molecular formula is C27H33Cl2NO6S. The maximum absolute atomic E-state index is 13.9. The topological polar surface area (TPSA) is 101 Å². The number of nitrogens with zero attached hydrogens (tertiary/aromatic N) is 1. The van der Waals surface area contributed by atoms with Gasteiger partial charge in [-0.2, -0.15) is 0 Å². The number of amides is 1. The number of Topliss-reactive ketones (excluding diaryl/α,β-unsaturated/α-hetero) is 1. The molecule has 1 amide bonds. The van der Waals surface area contributed by atoms with Crippen LogP contribution in [0.5, 0.6) is 0 Å². The monoisotopic (exact) mass is 569 g/mol. The number of carbonyl (C=O) groups excluding carboxylic acids is 2. The molecule has 1 aliphatic heterocycles. The van der Waals surface area contributed by atoms with E-state index in [-0.39, 0.29) is 12.2 Å². The average molecular weight is 571 g/mol. The number of halogens is 2. The average Bonchev–Trinajstić information content (AvgIpc) is 2.83. The third-order valence-corrected chi connectivity index (χ3v) is 9.79. The van der Waals surface area contributed by atoms with Crippen LogP contribution in [0, 0.1) is 0 Å². The SMILES string of the molecule is CC[C@@H](CS(=O)(=O)C(C)(C)C)N1C(=O)[C@@H](CC(=O)CO)O[C@H](c2cccc(Cl)c2)[C@H]1c1ccc(Cl)cc1. The second kappa shape index (κ2) is 11.8. The summed E-state index contributed by atoms with van der Waals surface area (Å²) < 4.78 is 31.8. The number of rotatable bonds is 9. The second-order valence-corrected chi connectivity index (χ2v) is 13.9. The summed E-state index contributed by atoms with van der Waals surface area (Å²) in [5.41, 5.74) is 1.36. The van der Waals surface area contributed by atoms with E-state index in [1.165, 1.54) is 0 Å². The van der Waals surface area contributed by atoms with Gasteiger partial charge in [-0.3, -0.25) is 9.59 Å². The summed E-state index contributed by atoms with van der Waals surface area (Å²) in [6.45, 7) is 5.98. The maximum Gasteiger partial charge on any atom is 0.253 e. The molecule has 4 atom stereocenters. The van der Waals surface area contributed by atoms with E-state index in [2.05, 4.69) is 0 Å². The quantitative estimate of drug-likeness (QED) is 0.458. The van der Waals surface area contributed by atoms with Crippen molar-refractivity contribution in [3.8, 4) is 0 Å². The zero-order valence-corrected chi connectivity index (χ0v) is 23.7. The fourth-order valence-corrected chi connectivity index (χ4v) is 6.14. The molecule has 2 aromatic rings. The minimum atomic E-state index is -3.61. The second-order valence-electron chi connectivity index (χ2n) is 10.2. The van der Waals surface area contributed by atoms with Crippen LogP contribution < -0.4 is 0 Å². The van der Waals surface area contributed by atoms with Crippen LogP contribution in [-0.2, 0) is 24.2 Å². The minimum absolute atomic E-state index is 0.258. The van der Waals surface area contributed by atoms with Crippen molar-refractivity contribution >= 4 is 44.7 Å². The molecule has 7 nitrogen and oxygen atoms in total. The van der Waals surface area contributed by atoms with Crippen LogP contribution in [0.2, 0.25) is 10.0 Å². The summed E-state index contributed by atoms with van der Waals surface area (Å²) >= 11 is 12.4. The van der Waals surface area contributed by atoms with Gasteiger partial charge in [-0.25, -0.2) is 8.42 Å². The molecule has 0 aromatic heterocycles. The van der Waals surface area contributed by atoms with E-state index >= 15 is 0 Å². The van der Waals surface area contributed by atoms with Gasteiger partial charge in [0.1, 0.15) is 18.8 Å². The van der Waals surface area contributed by atoms with Gasteiger partial charge in [0, 0.05) is 22.5 Å². The van der Waals surface area contributed by atoms with Crippen LogP contribution >= 0.6 is 23.2 Å². The van der Waals surface area contributed by atoms with Gasteiger partial charge in [-0.05, 0) is 62.6 Å². The van der Waals surface area contributed by atoms with Crippen LogP contribution in [-0.4, -0.2) is 59.4 Å². The first-order chi connectivity index (χ1) is 17.3. The Labute approximate surface area is 228 Å². The molecule has 2 aromatic carbocycles. The minimum Gasteiger partial charge on any atom is -0.389 e. The first kappa shape index (κ1) is 29.6. The first-order valence-electron chi connectivity index (χ1n) is 12.1. The van der Waals surface area contributed by atoms with Crippen molar-refractivity contribution in [2.45, 2.75) is 69.6 Å².